The maximum absolute atomic E-state index is 10.6. The van der Waals surface area contributed by atoms with Gasteiger partial charge in [0.15, 0.2) is 0 Å². The van der Waals surface area contributed by atoms with E-state index in [1.54, 1.807) is 11.3 Å². The van der Waals surface area contributed by atoms with Gasteiger partial charge in [-0.1, -0.05) is 0 Å². The quantitative estimate of drug-likeness (QED) is 0.854. The van der Waals surface area contributed by atoms with Gasteiger partial charge in [0.1, 0.15) is 0 Å². The highest BCUT2D eigenvalue weighted by atomic mass is 32.1. The van der Waals surface area contributed by atoms with Gasteiger partial charge in [0.2, 0.25) is 0 Å². The van der Waals surface area contributed by atoms with Crippen molar-refractivity contribution >= 4 is 17.3 Å². The van der Waals surface area contributed by atoms with Gasteiger partial charge in [0.25, 0.3) is 0 Å². The molecule has 1 aromatic rings. The molecule has 2 aliphatic rings. The van der Waals surface area contributed by atoms with Crippen LogP contribution in [0.5, 0.6) is 0 Å². The summed E-state index contributed by atoms with van der Waals surface area (Å²) in [6.07, 6.45) is 4.51. The Morgan fingerprint density at radius 1 is 1.44 bits per heavy atom. The Morgan fingerprint density at radius 3 is 2.94 bits per heavy atom. The maximum Gasteiger partial charge on any atom is 0.308 e. The summed E-state index contributed by atoms with van der Waals surface area (Å²) in [6.45, 7) is 0.821. The van der Waals surface area contributed by atoms with Crippen LogP contribution in [0.1, 0.15) is 29.0 Å². The van der Waals surface area contributed by atoms with Crippen LogP contribution in [0.2, 0.25) is 0 Å². The molecule has 0 aromatic carbocycles. The smallest absolute Gasteiger partial charge is 0.308 e. The molecule has 2 bridgehead atoms. The summed E-state index contributed by atoms with van der Waals surface area (Å²) >= 11 is 1.58. The van der Waals surface area contributed by atoms with Crippen molar-refractivity contribution in [1.29, 1.82) is 0 Å². The number of thiophene rings is 1. The van der Waals surface area contributed by atoms with Gasteiger partial charge < -0.3 is 15.2 Å². The lowest BCUT2D eigenvalue weighted by molar-refractivity contribution is -0.136. The number of hydrogen-bond acceptors (Lipinski definition) is 4. The van der Waals surface area contributed by atoms with Gasteiger partial charge in [-0.2, -0.15) is 0 Å². The van der Waals surface area contributed by atoms with Gasteiger partial charge in [-0.05, 0) is 31.4 Å². The lowest BCUT2D eigenvalue weighted by atomic mass is 9.95. The second kappa shape index (κ2) is 4.99. The maximum atomic E-state index is 10.6. The van der Waals surface area contributed by atoms with E-state index in [4.69, 9.17) is 9.84 Å². The highest BCUT2D eigenvalue weighted by Crippen LogP contribution is 2.34. The van der Waals surface area contributed by atoms with Gasteiger partial charge in [-0.3, -0.25) is 4.79 Å². The van der Waals surface area contributed by atoms with E-state index < -0.39 is 5.97 Å². The van der Waals surface area contributed by atoms with Crippen molar-refractivity contribution in [2.24, 2.45) is 0 Å². The van der Waals surface area contributed by atoms with Crippen LogP contribution >= 0.6 is 11.3 Å². The van der Waals surface area contributed by atoms with Gasteiger partial charge >= 0.3 is 5.97 Å². The van der Waals surface area contributed by atoms with Crippen molar-refractivity contribution in [3.63, 3.8) is 0 Å². The fraction of sp³-hybridized carbons (Fsp3) is 0.615. The summed E-state index contributed by atoms with van der Waals surface area (Å²) < 4.78 is 5.79. The van der Waals surface area contributed by atoms with Crippen LogP contribution in [0.25, 0.3) is 0 Å². The monoisotopic (exact) mass is 267 g/mol. The standard InChI is InChI=1S/C13H17NO3S/c15-13(16)6-9-2-3-10(18-9)7-14-11-5-8-1-4-12(11)17-8/h2-3,8,11-12,14H,1,4-7H2,(H,15,16). The largest absolute Gasteiger partial charge is 0.481 e. The minimum atomic E-state index is -0.766. The van der Waals surface area contributed by atoms with Crippen molar-refractivity contribution < 1.29 is 14.6 Å². The highest BCUT2D eigenvalue weighted by molar-refractivity contribution is 7.12. The molecule has 0 spiro atoms. The predicted octanol–water partition coefficient (Wildman–Crippen LogP) is 1.78. The SMILES string of the molecule is O=C(O)Cc1ccc(CNC2CC3CCC2O3)s1. The van der Waals surface area contributed by atoms with E-state index >= 15 is 0 Å². The van der Waals surface area contributed by atoms with E-state index in [2.05, 4.69) is 5.32 Å². The molecule has 3 unspecified atom stereocenters. The molecule has 3 heterocycles. The van der Waals surface area contributed by atoms with E-state index in [-0.39, 0.29) is 6.42 Å². The van der Waals surface area contributed by atoms with E-state index in [1.165, 1.54) is 17.7 Å². The number of rotatable bonds is 5. The first kappa shape index (κ1) is 12.1. The van der Waals surface area contributed by atoms with Crippen molar-refractivity contribution in [2.45, 2.75) is 50.5 Å². The molecule has 2 aliphatic heterocycles. The van der Waals surface area contributed by atoms with Crippen LogP contribution in [0.15, 0.2) is 12.1 Å². The van der Waals surface area contributed by atoms with Crippen LogP contribution in [-0.2, 0) is 22.5 Å². The molecular formula is C13H17NO3S. The molecular weight excluding hydrogens is 250 g/mol. The molecule has 3 atom stereocenters. The van der Waals surface area contributed by atoms with E-state index in [0.717, 1.165) is 17.8 Å². The first-order valence-corrected chi connectivity index (χ1v) is 7.20. The fourth-order valence-corrected chi connectivity index (χ4v) is 3.81. The second-order valence-electron chi connectivity index (χ2n) is 5.04. The molecule has 0 radical (unpaired) electrons. The third-order valence-electron chi connectivity index (χ3n) is 3.69. The number of fused-ring (bicyclic) bond motifs is 2. The Kier molecular flexibility index (Phi) is 3.37. The van der Waals surface area contributed by atoms with Crippen molar-refractivity contribution in [2.75, 3.05) is 0 Å². The summed E-state index contributed by atoms with van der Waals surface area (Å²) in [6, 6.07) is 4.41. The van der Waals surface area contributed by atoms with E-state index in [9.17, 15) is 4.79 Å². The number of carbonyl (C=O) groups is 1. The number of carboxylic acids is 1. The van der Waals surface area contributed by atoms with Crippen LogP contribution in [0.3, 0.4) is 0 Å². The molecule has 4 nitrogen and oxygen atoms in total. The van der Waals surface area contributed by atoms with E-state index in [1.807, 2.05) is 12.1 Å². The predicted molar refractivity (Wildman–Crippen MR) is 68.8 cm³/mol. The Morgan fingerprint density at radius 2 is 2.28 bits per heavy atom. The zero-order chi connectivity index (χ0) is 12.5. The molecule has 5 heteroatoms. The molecule has 2 fully saturated rings. The fourth-order valence-electron chi connectivity index (χ4n) is 2.85. The first-order valence-electron chi connectivity index (χ1n) is 6.39. The second-order valence-corrected chi connectivity index (χ2v) is 6.29. The Labute approximate surface area is 110 Å². The summed E-state index contributed by atoms with van der Waals surface area (Å²) in [5, 5.41) is 12.3. The molecule has 1 aromatic heterocycles. The van der Waals surface area contributed by atoms with Crippen molar-refractivity contribution in [1.82, 2.24) is 5.32 Å². The van der Waals surface area contributed by atoms with Crippen LogP contribution < -0.4 is 5.32 Å². The molecule has 2 saturated heterocycles. The molecule has 0 aliphatic carbocycles. The van der Waals surface area contributed by atoms with Crippen LogP contribution in [0.4, 0.5) is 0 Å². The average Bonchev–Trinajstić information content (AvgIpc) is 3.00. The van der Waals surface area contributed by atoms with Crippen molar-refractivity contribution in [3.8, 4) is 0 Å². The number of hydrogen-bond donors (Lipinski definition) is 2. The summed E-state index contributed by atoms with van der Waals surface area (Å²) in [7, 11) is 0. The minimum Gasteiger partial charge on any atom is -0.481 e. The Hall–Kier alpha value is -0.910. The Bertz CT molecular complexity index is 445. The number of nitrogens with one attached hydrogen (secondary N) is 1. The van der Waals surface area contributed by atoms with Gasteiger partial charge in [0.05, 0.1) is 18.6 Å². The summed E-state index contributed by atoms with van der Waals surface area (Å²) in [4.78, 5) is 12.7. The summed E-state index contributed by atoms with van der Waals surface area (Å²) in [5.41, 5.74) is 0. The Balaban J connectivity index is 1.51. The van der Waals surface area contributed by atoms with E-state index in [0.29, 0.717) is 18.2 Å². The topological polar surface area (TPSA) is 58.6 Å². The van der Waals surface area contributed by atoms with Gasteiger partial charge in [-0.15, -0.1) is 11.3 Å². The summed E-state index contributed by atoms with van der Waals surface area (Å²) in [5.74, 6) is -0.766. The third kappa shape index (κ3) is 2.58. The number of ether oxygens (including phenoxy) is 1. The highest BCUT2D eigenvalue weighted by Gasteiger charge is 2.40. The zero-order valence-corrected chi connectivity index (χ0v) is 10.9. The van der Waals surface area contributed by atoms with Crippen LogP contribution in [0, 0.1) is 0 Å². The lowest BCUT2D eigenvalue weighted by Crippen LogP contribution is -2.36. The molecule has 0 amide bonds. The molecule has 18 heavy (non-hydrogen) atoms. The molecule has 2 N–H and O–H groups in total. The van der Waals surface area contributed by atoms with Crippen molar-refractivity contribution in [3.05, 3.63) is 21.9 Å². The number of aliphatic carboxylic acids is 1. The lowest BCUT2D eigenvalue weighted by Gasteiger charge is -2.19. The molecule has 98 valence electrons. The normalized spacial score (nSPS) is 29.9. The minimum absolute atomic E-state index is 0.127. The average molecular weight is 267 g/mol. The first-order chi connectivity index (χ1) is 8.70. The van der Waals surface area contributed by atoms with Crippen LogP contribution in [-0.4, -0.2) is 29.3 Å². The van der Waals surface area contributed by atoms with Gasteiger partial charge in [-0.25, -0.2) is 0 Å². The molecule has 3 rings (SSSR count). The van der Waals surface area contributed by atoms with Gasteiger partial charge in [0, 0.05) is 22.3 Å². The number of carboxylic acid groups (broad SMARTS) is 1. The zero-order valence-electron chi connectivity index (χ0n) is 10.1. The molecule has 0 saturated carbocycles. The third-order valence-corrected chi connectivity index (χ3v) is 4.77.